The van der Waals surface area contributed by atoms with Crippen molar-refractivity contribution in [3.05, 3.63) is 118 Å². The van der Waals surface area contributed by atoms with Crippen molar-refractivity contribution in [2.45, 2.75) is 11.8 Å². The van der Waals surface area contributed by atoms with Gasteiger partial charge in [0, 0.05) is 24.5 Å². The number of nitrogens with one attached hydrogen (secondary N) is 1. The van der Waals surface area contributed by atoms with Crippen LogP contribution in [0.1, 0.15) is 21.9 Å². The summed E-state index contributed by atoms with van der Waals surface area (Å²) in [5.74, 6) is -0.339. The van der Waals surface area contributed by atoms with Gasteiger partial charge in [0.2, 0.25) is 11.8 Å². The first-order valence-corrected chi connectivity index (χ1v) is 15.0. The minimum Gasteiger partial charge on any atom is -0.350 e. The Labute approximate surface area is 249 Å². The first-order valence-electron chi connectivity index (χ1n) is 12.7. The Hall–Kier alpha value is -3.99. The third-order valence-corrected chi connectivity index (χ3v) is 9.09. The minimum atomic E-state index is -0.354. The van der Waals surface area contributed by atoms with Crippen molar-refractivity contribution < 1.29 is 14.0 Å². The Kier molecular flexibility index (Phi) is 7.86. The van der Waals surface area contributed by atoms with Gasteiger partial charge in [0.25, 0.3) is 0 Å². The summed E-state index contributed by atoms with van der Waals surface area (Å²) in [6, 6.07) is 21.1. The van der Waals surface area contributed by atoms with Crippen LogP contribution < -0.4 is 10.2 Å². The van der Waals surface area contributed by atoms with E-state index in [1.54, 1.807) is 35.3 Å². The molecule has 6 rings (SSSR count). The van der Waals surface area contributed by atoms with Crippen LogP contribution in [-0.4, -0.2) is 38.9 Å². The second-order valence-corrected chi connectivity index (χ2v) is 11.7. The largest absolute Gasteiger partial charge is 0.350 e. The lowest BCUT2D eigenvalue weighted by Gasteiger charge is -2.23. The number of nitrogens with zero attached hydrogens (tertiary/aromatic N) is 4. The average Bonchev–Trinajstić information content (AvgIpc) is 3.63. The summed E-state index contributed by atoms with van der Waals surface area (Å²) in [5, 5.41) is 9.97. The Morgan fingerprint density at radius 1 is 1.05 bits per heavy atom. The van der Waals surface area contributed by atoms with E-state index in [4.69, 9.17) is 16.7 Å². The van der Waals surface area contributed by atoms with Gasteiger partial charge in [-0.1, -0.05) is 41.9 Å². The molecule has 0 unspecified atom stereocenters. The molecule has 206 valence electrons. The number of hydrogen-bond donors (Lipinski definition) is 1. The molecule has 0 saturated heterocycles. The number of thioether (sulfide) groups is 1. The molecule has 0 radical (unpaired) electrons. The molecule has 0 aliphatic carbocycles. The lowest BCUT2D eigenvalue weighted by molar-refractivity contribution is -0.123. The van der Waals surface area contributed by atoms with E-state index in [0.29, 0.717) is 28.8 Å². The maximum Gasteiger partial charge on any atom is 0.240 e. The van der Waals surface area contributed by atoms with Crippen molar-refractivity contribution in [3.63, 3.8) is 0 Å². The number of benzene rings is 2. The number of pyridine rings is 1. The van der Waals surface area contributed by atoms with E-state index < -0.39 is 0 Å². The number of rotatable bonds is 7. The van der Waals surface area contributed by atoms with Gasteiger partial charge >= 0.3 is 0 Å². The van der Waals surface area contributed by atoms with Crippen molar-refractivity contribution in [2.75, 3.05) is 17.2 Å². The van der Waals surface area contributed by atoms with Gasteiger partial charge in [0.1, 0.15) is 23.9 Å². The van der Waals surface area contributed by atoms with Gasteiger partial charge < -0.3 is 5.32 Å². The quantitative estimate of drug-likeness (QED) is 0.237. The third-order valence-electron chi connectivity index (χ3n) is 6.64. The van der Waals surface area contributed by atoms with Crippen LogP contribution in [0.5, 0.6) is 0 Å². The molecule has 0 spiro atoms. The zero-order valence-electron chi connectivity index (χ0n) is 21.5. The van der Waals surface area contributed by atoms with Gasteiger partial charge in [0.15, 0.2) is 0 Å². The molecule has 2 amide bonds. The van der Waals surface area contributed by atoms with Crippen LogP contribution in [0.25, 0.3) is 16.3 Å². The number of para-hydroxylation sites is 1. The van der Waals surface area contributed by atoms with E-state index in [-0.39, 0.29) is 35.2 Å². The molecule has 11 heteroatoms. The zero-order valence-corrected chi connectivity index (χ0v) is 23.9. The maximum atomic E-state index is 13.9. The Morgan fingerprint density at radius 3 is 2.56 bits per heavy atom. The molecule has 1 aliphatic heterocycles. The highest BCUT2D eigenvalue weighted by Gasteiger charge is 2.38. The number of amides is 2. The fraction of sp³-hybridized carbons (Fsp3) is 0.133. The molecule has 2 aromatic carbocycles. The molecule has 7 nitrogen and oxygen atoms in total. The molecule has 5 aromatic rings. The second-order valence-electron chi connectivity index (χ2n) is 9.28. The highest BCUT2D eigenvalue weighted by molar-refractivity contribution is 8.00. The summed E-state index contributed by atoms with van der Waals surface area (Å²) >= 11 is 9.61. The molecule has 0 bridgehead atoms. The molecule has 41 heavy (non-hydrogen) atoms. The van der Waals surface area contributed by atoms with Crippen molar-refractivity contribution in [2.24, 2.45) is 0 Å². The van der Waals surface area contributed by atoms with Crippen LogP contribution >= 0.6 is 34.7 Å². The van der Waals surface area contributed by atoms with Gasteiger partial charge in [-0.05, 0) is 59.0 Å². The van der Waals surface area contributed by atoms with Crippen LogP contribution in [0.4, 0.5) is 10.2 Å². The number of hydrogen-bond acceptors (Lipinski definition) is 6. The smallest absolute Gasteiger partial charge is 0.240 e. The van der Waals surface area contributed by atoms with Crippen LogP contribution in [0.15, 0.2) is 90.6 Å². The SMILES string of the molecule is O=C(CN1C(=O)CS[C@@H](c2ccc(F)cc2)c2c(-c3cccs3)nn(-c3ccccc3Cl)c21)NCc1ccncc1. The normalized spacial score (nSPS) is 14.9. The maximum absolute atomic E-state index is 13.9. The molecule has 0 saturated carbocycles. The van der Waals surface area contributed by atoms with E-state index in [0.717, 1.165) is 21.6 Å². The summed E-state index contributed by atoms with van der Waals surface area (Å²) < 4.78 is 15.6. The predicted octanol–water partition coefficient (Wildman–Crippen LogP) is 6.27. The molecule has 4 heterocycles. The van der Waals surface area contributed by atoms with Gasteiger partial charge in [-0.2, -0.15) is 5.10 Å². The van der Waals surface area contributed by atoms with Crippen molar-refractivity contribution in [1.82, 2.24) is 20.1 Å². The van der Waals surface area contributed by atoms with Gasteiger partial charge in [0.05, 0.1) is 26.6 Å². The van der Waals surface area contributed by atoms with Crippen LogP contribution in [-0.2, 0) is 16.1 Å². The lowest BCUT2D eigenvalue weighted by atomic mass is 10.0. The van der Waals surface area contributed by atoms with Crippen molar-refractivity contribution in [3.8, 4) is 16.3 Å². The molecule has 0 fully saturated rings. The van der Waals surface area contributed by atoms with Gasteiger partial charge in [-0.25, -0.2) is 9.07 Å². The first-order chi connectivity index (χ1) is 20.0. The second kappa shape index (κ2) is 11.9. The minimum absolute atomic E-state index is 0.112. The summed E-state index contributed by atoms with van der Waals surface area (Å²) in [6.07, 6.45) is 3.32. The fourth-order valence-electron chi connectivity index (χ4n) is 4.71. The summed E-state index contributed by atoms with van der Waals surface area (Å²) in [6.45, 7) is 0.0844. The van der Waals surface area contributed by atoms with Crippen LogP contribution in [0, 0.1) is 5.82 Å². The predicted molar refractivity (Wildman–Crippen MR) is 161 cm³/mol. The first kappa shape index (κ1) is 27.2. The van der Waals surface area contributed by atoms with E-state index >= 15 is 0 Å². The average molecular weight is 604 g/mol. The van der Waals surface area contributed by atoms with E-state index in [9.17, 15) is 14.0 Å². The molecule has 3 aromatic heterocycles. The highest BCUT2D eigenvalue weighted by Crippen LogP contribution is 2.49. The number of anilines is 1. The number of aromatic nitrogens is 3. The monoisotopic (exact) mass is 603 g/mol. The molecule has 1 aliphatic rings. The number of carbonyl (C=O) groups excluding carboxylic acids is 2. The zero-order chi connectivity index (χ0) is 28.3. The molecular weight excluding hydrogens is 581 g/mol. The van der Waals surface area contributed by atoms with Crippen LogP contribution in [0.2, 0.25) is 5.02 Å². The van der Waals surface area contributed by atoms with E-state index in [1.807, 2.05) is 47.8 Å². The topological polar surface area (TPSA) is 80.1 Å². The van der Waals surface area contributed by atoms with Crippen LogP contribution in [0.3, 0.4) is 0 Å². The Morgan fingerprint density at radius 2 is 1.83 bits per heavy atom. The Bertz CT molecular complexity index is 1690. The lowest BCUT2D eigenvalue weighted by Crippen LogP contribution is -2.42. The van der Waals surface area contributed by atoms with E-state index in [1.165, 1.54) is 40.1 Å². The number of halogens is 2. The summed E-state index contributed by atoms with van der Waals surface area (Å²) in [5.41, 5.74) is 3.73. The van der Waals surface area contributed by atoms with E-state index in [2.05, 4.69) is 10.3 Å². The third kappa shape index (κ3) is 5.63. The summed E-state index contributed by atoms with van der Waals surface area (Å²) in [7, 11) is 0. The number of fused-ring (bicyclic) bond motifs is 1. The molecule has 1 N–H and O–H groups in total. The van der Waals surface area contributed by atoms with Crippen molar-refractivity contribution >= 4 is 52.3 Å². The molecular formula is C30H23ClFN5O2S2. The fourth-order valence-corrected chi connectivity index (χ4v) is 6.84. The van der Waals surface area contributed by atoms with Gasteiger partial charge in [-0.15, -0.1) is 23.1 Å². The van der Waals surface area contributed by atoms with Crippen molar-refractivity contribution in [1.29, 1.82) is 0 Å². The molecule has 1 atom stereocenters. The summed E-state index contributed by atoms with van der Waals surface area (Å²) in [4.78, 5) is 33.4. The number of thiophene rings is 1. The number of carbonyl (C=O) groups is 2. The Balaban J connectivity index is 1.51. The standard InChI is InChI=1S/C30H23ClFN5O2S2/c31-22-4-1-2-5-23(22)37-30-27(28(35-37)24-6-3-15-40-24)29(20-7-9-21(32)10-8-20)41-18-26(39)36(30)17-25(38)34-16-19-11-13-33-14-12-19/h1-15,29H,16-18H2,(H,34,38)/t29-/m0/s1. The van der Waals surface area contributed by atoms with Gasteiger partial charge in [-0.3, -0.25) is 19.5 Å². The highest BCUT2D eigenvalue weighted by atomic mass is 35.5.